The highest BCUT2D eigenvalue weighted by Gasteiger charge is 2.27. The van der Waals surface area contributed by atoms with Crippen LogP contribution < -0.4 is 4.74 Å². The third-order valence-electron chi connectivity index (χ3n) is 6.55. The van der Waals surface area contributed by atoms with E-state index in [0.717, 1.165) is 60.4 Å². The number of piperidine rings is 1. The number of rotatable bonds is 6. The number of fused-ring (bicyclic) bond motifs is 1. The zero-order valence-electron chi connectivity index (χ0n) is 18.2. The smallest absolute Gasteiger partial charge is 0.119 e. The van der Waals surface area contributed by atoms with E-state index in [9.17, 15) is 5.11 Å². The highest BCUT2D eigenvalue weighted by molar-refractivity contribution is 5.88. The maximum Gasteiger partial charge on any atom is 0.119 e. The largest absolute Gasteiger partial charge is 0.497 e. The van der Waals surface area contributed by atoms with Gasteiger partial charge in [0.25, 0.3) is 0 Å². The third kappa shape index (κ3) is 4.24. The maximum atomic E-state index is 10.7. The summed E-state index contributed by atoms with van der Waals surface area (Å²) in [6.07, 6.45) is 6.96. The van der Waals surface area contributed by atoms with Crippen molar-refractivity contribution in [3.63, 3.8) is 0 Å². The molecule has 164 valence electrons. The molecule has 1 saturated heterocycles. The van der Waals surface area contributed by atoms with Gasteiger partial charge in [-0.15, -0.1) is 0 Å². The molecule has 2 aromatic carbocycles. The van der Waals surface area contributed by atoms with Crippen molar-refractivity contribution in [1.29, 1.82) is 0 Å². The van der Waals surface area contributed by atoms with Crippen molar-refractivity contribution in [2.45, 2.75) is 25.5 Å². The van der Waals surface area contributed by atoms with E-state index in [1.165, 1.54) is 10.9 Å². The van der Waals surface area contributed by atoms with Crippen LogP contribution in [0.1, 0.15) is 30.1 Å². The van der Waals surface area contributed by atoms with E-state index in [4.69, 9.17) is 4.74 Å². The Kier molecular flexibility index (Phi) is 5.88. The Labute approximate surface area is 187 Å². The highest BCUT2D eigenvalue weighted by atomic mass is 16.5. The molecule has 4 aromatic rings. The molecule has 1 atom stereocenters. The first-order valence-electron chi connectivity index (χ1n) is 11.1. The van der Waals surface area contributed by atoms with Gasteiger partial charge in [0.15, 0.2) is 0 Å². The van der Waals surface area contributed by atoms with Crippen molar-refractivity contribution in [2.24, 2.45) is 5.92 Å². The first-order valence-corrected chi connectivity index (χ1v) is 11.1. The number of likely N-dealkylation sites (tertiary alicyclic amines) is 1. The summed E-state index contributed by atoms with van der Waals surface area (Å²) in [7, 11) is 1.69. The van der Waals surface area contributed by atoms with Crippen LogP contribution in [0.4, 0.5) is 0 Å². The SMILES string of the molecule is COc1ccc2cc(-c3[nH]ncc3CN3CCC(C(O)c4cccnc4)CC3)ccc2c1. The monoisotopic (exact) mass is 428 g/mol. The molecule has 2 aromatic heterocycles. The number of aromatic nitrogens is 3. The van der Waals surface area contributed by atoms with Crippen molar-refractivity contribution in [3.05, 3.63) is 78.2 Å². The minimum atomic E-state index is -0.438. The summed E-state index contributed by atoms with van der Waals surface area (Å²) in [5.74, 6) is 1.14. The number of hydrogen-bond acceptors (Lipinski definition) is 5. The summed E-state index contributed by atoms with van der Waals surface area (Å²) >= 11 is 0. The Morgan fingerprint density at radius 1 is 1.09 bits per heavy atom. The lowest BCUT2D eigenvalue weighted by atomic mass is 9.88. The number of aromatic amines is 1. The van der Waals surface area contributed by atoms with E-state index in [2.05, 4.69) is 50.4 Å². The third-order valence-corrected chi connectivity index (χ3v) is 6.55. The van der Waals surface area contributed by atoms with Crippen LogP contribution in [0.25, 0.3) is 22.0 Å². The second-order valence-electron chi connectivity index (χ2n) is 8.54. The molecule has 5 rings (SSSR count). The molecule has 0 saturated carbocycles. The van der Waals surface area contributed by atoms with Gasteiger partial charge >= 0.3 is 0 Å². The molecule has 0 aliphatic carbocycles. The zero-order valence-corrected chi connectivity index (χ0v) is 18.2. The highest BCUT2D eigenvalue weighted by Crippen LogP contribution is 2.32. The summed E-state index contributed by atoms with van der Waals surface area (Å²) in [5.41, 5.74) is 4.32. The molecule has 3 heterocycles. The predicted molar refractivity (Wildman–Crippen MR) is 125 cm³/mol. The first kappa shape index (κ1) is 20.7. The van der Waals surface area contributed by atoms with Crippen LogP contribution in [0.5, 0.6) is 5.75 Å². The lowest BCUT2D eigenvalue weighted by molar-refractivity contribution is 0.0566. The normalized spacial score (nSPS) is 16.3. The predicted octanol–water partition coefficient (Wildman–Crippen LogP) is 4.58. The van der Waals surface area contributed by atoms with Crippen LogP contribution >= 0.6 is 0 Å². The molecule has 2 N–H and O–H groups in total. The Bertz CT molecular complexity index is 1180. The van der Waals surface area contributed by atoms with Crippen LogP contribution in [0.3, 0.4) is 0 Å². The number of ether oxygens (including phenoxy) is 1. The van der Waals surface area contributed by atoms with Crippen molar-refractivity contribution >= 4 is 10.8 Å². The molecule has 0 radical (unpaired) electrons. The van der Waals surface area contributed by atoms with Gasteiger partial charge in [0.05, 0.1) is 25.1 Å². The van der Waals surface area contributed by atoms with Crippen LogP contribution in [0.15, 0.2) is 67.1 Å². The molecule has 6 nitrogen and oxygen atoms in total. The Hall–Kier alpha value is -3.22. The lowest BCUT2D eigenvalue weighted by Crippen LogP contribution is -2.35. The van der Waals surface area contributed by atoms with E-state index in [1.807, 2.05) is 24.4 Å². The molecule has 0 bridgehead atoms. The summed E-state index contributed by atoms with van der Waals surface area (Å²) in [5, 5.41) is 20.6. The van der Waals surface area contributed by atoms with Gasteiger partial charge in [-0.05, 0) is 72.5 Å². The molecule has 32 heavy (non-hydrogen) atoms. The quantitative estimate of drug-likeness (QED) is 0.470. The van der Waals surface area contributed by atoms with Crippen LogP contribution in [0, 0.1) is 5.92 Å². The number of benzene rings is 2. The second kappa shape index (κ2) is 9.10. The minimum Gasteiger partial charge on any atom is -0.497 e. The summed E-state index contributed by atoms with van der Waals surface area (Å²) in [6, 6.07) is 16.4. The minimum absolute atomic E-state index is 0.275. The fraction of sp³-hybridized carbons (Fsp3) is 0.308. The van der Waals surface area contributed by atoms with Crippen molar-refractivity contribution in [3.8, 4) is 17.0 Å². The van der Waals surface area contributed by atoms with Crippen LogP contribution in [-0.2, 0) is 6.54 Å². The molecule has 1 fully saturated rings. The van der Waals surface area contributed by atoms with Crippen molar-refractivity contribution in [2.75, 3.05) is 20.2 Å². The van der Waals surface area contributed by atoms with Gasteiger partial charge in [-0.3, -0.25) is 15.0 Å². The molecule has 6 heteroatoms. The number of H-pyrrole nitrogens is 1. The van der Waals surface area contributed by atoms with Crippen LogP contribution in [-0.4, -0.2) is 45.4 Å². The van der Waals surface area contributed by atoms with E-state index in [1.54, 1.807) is 19.5 Å². The Morgan fingerprint density at radius 2 is 1.91 bits per heavy atom. The molecular formula is C26H28N4O2. The molecular weight excluding hydrogens is 400 g/mol. The number of aliphatic hydroxyl groups is 1. The standard InChI is InChI=1S/C26H28N4O2/c1-32-24-7-6-19-13-21(5-4-20(19)14-24)25-23(16-28-29-25)17-30-11-8-18(9-12-30)26(31)22-3-2-10-27-15-22/h2-7,10,13-16,18,26,31H,8-9,11-12,17H2,1H3,(H,28,29). The average molecular weight is 429 g/mol. The number of methoxy groups -OCH3 is 1. The number of hydrogen-bond donors (Lipinski definition) is 2. The Morgan fingerprint density at radius 3 is 2.69 bits per heavy atom. The van der Waals surface area contributed by atoms with Gasteiger partial charge in [0.2, 0.25) is 0 Å². The molecule has 1 unspecified atom stereocenters. The topological polar surface area (TPSA) is 74.3 Å². The molecule has 1 aliphatic rings. The Balaban J connectivity index is 1.26. The van der Waals surface area contributed by atoms with Gasteiger partial charge in [-0.25, -0.2) is 0 Å². The van der Waals surface area contributed by atoms with Gasteiger partial charge < -0.3 is 9.84 Å². The van der Waals surface area contributed by atoms with E-state index >= 15 is 0 Å². The average Bonchev–Trinajstić information content (AvgIpc) is 3.32. The van der Waals surface area contributed by atoms with Gasteiger partial charge in [0, 0.05) is 30.1 Å². The summed E-state index contributed by atoms with van der Waals surface area (Å²) < 4.78 is 5.34. The van der Waals surface area contributed by atoms with E-state index in [-0.39, 0.29) is 5.92 Å². The van der Waals surface area contributed by atoms with Crippen molar-refractivity contribution in [1.82, 2.24) is 20.1 Å². The summed E-state index contributed by atoms with van der Waals surface area (Å²) in [4.78, 5) is 6.60. The van der Waals surface area contributed by atoms with Crippen molar-refractivity contribution < 1.29 is 9.84 Å². The van der Waals surface area contributed by atoms with Crippen LogP contribution in [0.2, 0.25) is 0 Å². The maximum absolute atomic E-state index is 10.7. The number of nitrogens with zero attached hydrogens (tertiary/aromatic N) is 3. The fourth-order valence-electron chi connectivity index (χ4n) is 4.68. The molecule has 0 spiro atoms. The van der Waals surface area contributed by atoms with Gasteiger partial charge in [0.1, 0.15) is 5.75 Å². The molecule has 0 amide bonds. The van der Waals surface area contributed by atoms with E-state index < -0.39 is 6.10 Å². The number of aliphatic hydroxyl groups excluding tert-OH is 1. The lowest BCUT2D eigenvalue weighted by Gasteiger charge is -2.34. The number of pyridine rings is 1. The second-order valence-corrected chi connectivity index (χ2v) is 8.54. The van der Waals surface area contributed by atoms with Gasteiger partial charge in [-0.2, -0.15) is 5.10 Å². The van der Waals surface area contributed by atoms with E-state index in [0.29, 0.717) is 0 Å². The fourth-order valence-corrected chi connectivity index (χ4v) is 4.68. The molecule has 1 aliphatic heterocycles. The zero-order chi connectivity index (χ0) is 21.9. The van der Waals surface area contributed by atoms with Gasteiger partial charge in [-0.1, -0.05) is 24.3 Å². The number of nitrogens with one attached hydrogen (secondary N) is 1. The first-order chi connectivity index (χ1) is 15.7. The summed E-state index contributed by atoms with van der Waals surface area (Å²) in [6.45, 7) is 2.77.